The van der Waals surface area contributed by atoms with Crippen LogP contribution in [0, 0.1) is 20.2 Å². The number of esters is 1. The number of carbonyl (C=O) groups is 1. The van der Waals surface area contributed by atoms with Gasteiger partial charge in [-0.25, -0.2) is 9.79 Å². The molecule has 0 radical (unpaired) electrons. The smallest absolute Gasteiger partial charge is 0.433 e. The van der Waals surface area contributed by atoms with Gasteiger partial charge in [0.15, 0.2) is 4.80 Å². The maximum atomic E-state index is 13.0. The van der Waals surface area contributed by atoms with Crippen molar-refractivity contribution in [2.75, 3.05) is 6.61 Å². The van der Waals surface area contributed by atoms with E-state index in [1.165, 1.54) is 29.7 Å². The minimum absolute atomic E-state index is 0.00585. The van der Waals surface area contributed by atoms with E-state index in [0.29, 0.717) is 0 Å². The first kappa shape index (κ1) is 21.9. The van der Waals surface area contributed by atoms with Crippen LogP contribution in [0.1, 0.15) is 31.4 Å². The molecule has 0 unspecified atom stereocenters. The van der Waals surface area contributed by atoms with Crippen LogP contribution in [0.15, 0.2) is 48.5 Å². The summed E-state index contributed by atoms with van der Waals surface area (Å²) in [5.41, 5.74) is -0.316. The molecule has 33 heavy (non-hydrogen) atoms. The van der Waals surface area contributed by atoms with Gasteiger partial charge < -0.3 is 13.6 Å². The summed E-state index contributed by atoms with van der Waals surface area (Å²) in [6.45, 7) is 3.19. The van der Waals surface area contributed by atoms with Crippen LogP contribution < -0.4 is 14.9 Å². The van der Waals surface area contributed by atoms with Gasteiger partial charge in [0.25, 0.3) is 5.56 Å². The highest BCUT2D eigenvalue weighted by atomic mass is 32.1. The fraction of sp³-hybridized carbons (Fsp3) is 0.211. The van der Waals surface area contributed by atoms with Crippen LogP contribution in [0.5, 0.6) is 0 Å². The number of aromatic nitrogens is 1. The Morgan fingerprint density at radius 2 is 1.88 bits per heavy atom. The largest absolute Gasteiger partial charge is 0.463 e. The molecule has 0 N–H and O–H groups in total. The van der Waals surface area contributed by atoms with E-state index in [2.05, 4.69) is 4.99 Å². The lowest BCUT2D eigenvalue weighted by Gasteiger charge is -2.20. The van der Waals surface area contributed by atoms with E-state index in [9.17, 15) is 29.8 Å². The molecule has 0 saturated carbocycles. The average Bonchev–Trinajstić information content (AvgIpc) is 3.48. The third-order valence-corrected chi connectivity index (χ3v) is 5.65. The Morgan fingerprint density at radius 1 is 1.21 bits per heavy atom. The Kier molecular flexibility index (Phi) is 5.51. The number of fused-ring (bicyclic) bond motifs is 1. The average molecular weight is 474 g/mol. The van der Waals surface area contributed by atoms with Gasteiger partial charge in [-0.2, -0.15) is 0 Å². The minimum atomic E-state index is -1.08. The third-order valence-electron chi connectivity index (χ3n) is 4.67. The van der Waals surface area contributed by atoms with Crippen LogP contribution in [0.4, 0.5) is 11.8 Å². The topological polar surface area (TPSA) is 173 Å². The number of carbonyl (C=O) groups excluding carboxylic acids is 1. The van der Waals surface area contributed by atoms with Crippen molar-refractivity contribution in [3.8, 4) is 0 Å². The summed E-state index contributed by atoms with van der Waals surface area (Å²) >= 11 is 0.953. The molecular formula is C19H14N4O9S. The lowest BCUT2D eigenvalue weighted by atomic mass is 10.0. The zero-order valence-corrected chi connectivity index (χ0v) is 17.9. The molecule has 0 aliphatic carbocycles. The third kappa shape index (κ3) is 3.87. The molecule has 4 rings (SSSR count). The Morgan fingerprint density at radius 3 is 2.48 bits per heavy atom. The molecule has 0 spiro atoms. The highest BCUT2D eigenvalue weighted by Gasteiger charge is 2.34. The van der Waals surface area contributed by atoms with Gasteiger partial charge in [0, 0.05) is 11.8 Å². The first-order valence-corrected chi connectivity index (χ1v) is 10.2. The van der Waals surface area contributed by atoms with Crippen LogP contribution in [0.25, 0.3) is 11.8 Å². The first-order chi connectivity index (χ1) is 15.7. The van der Waals surface area contributed by atoms with Crippen molar-refractivity contribution in [1.29, 1.82) is 0 Å². The number of thiazole rings is 1. The number of nitrogens with zero attached hydrogens (tertiary/aromatic N) is 4. The van der Waals surface area contributed by atoms with Crippen LogP contribution >= 0.6 is 11.3 Å². The monoisotopic (exact) mass is 474 g/mol. The van der Waals surface area contributed by atoms with Crippen LogP contribution in [-0.4, -0.2) is 27.0 Å². The van der Waals surface area contributed by atoms with Crippen molar-refractivity contribution in [2.24, 2.45) is 4.99 Å². The number of allylic oxidation sites excluding steroid dienone is 1. The molecule has 13 nitrogen and oxygen atoms in total. The second kappa shape index (κ2) is 8.31. The molecule has 0 aromatic carbocycles. The van der Waals surface area contributed by atoms with Crippen LogP contribution in [0.2, 0.25) is 0 Å². The Balaban J connectivity index is 1.91. The molecule has 0 saturated heterocycles. The Hall–Kier alpha value is -4.33. The van der Waals surface area contributed by atoms with E-state index < -0.39 is 39.2 Å². The number of furan rings is 2. The molecule has 1 atom stereocenters. The molecule has 170 valence electrons. The SMILES string of the molecule is CCOC(=O)C1=C(C)n2c(s/c(=C/c3ccc([N+](=O)[O-])o3)c2=O)=N[C@@H]1c1ccc([N+](=O)[O-])o1. The number of ether oxygens (including phenoxy) is 1. The summed E-state index contributed by atoms with van der Waals surface area (Å²) in [7, 11) is 0. The highest BCUT2D eigenvalue weighted by Crippen LogP contribution is 2.34. The van der Waals surface area contributed by atoms with Crippen molar-refractivity contribution in [3.63, 3.8) is 0 Å². The van der Waals surface area contributed by atoms with Gasteiger partial charge in [-0.15, -0.1) is 0 Å². The van der Waals surface area contributed by atoms with Crippen molar-refractivity contribution in [1.82, 2.24) is 4.57 Å². The fourth-order valence-corrected chi connectivity index (χ4v) is 4.28. The van der Waals surface area contributed by atoms with Gasteiger partial charge in [-0.3, -0.25) is 29.6 Å². The second-order valence-electron chi connectivity index (χ2n) is 6.65. The van der Waals surface area contributed by atoms with E-state index in [1.807, 2.05) is 0 Å². The molecular weight excluding hydrogens is 460 g/mol. The molecule has 0 bridgehead atoms. The second-order valence-corrected chi connectivity index (χ2v) is 7.66. The maximum Gasteiger partial charge on any atom is 0.433 e. The van der Waals surface area contributed by atoms with Crippen molar-refractivity contribution < 1.29 is 28.2 Å². The Labute approximate surface area is 186 Å². The van der Waals surface area contributed by atoms with Crippen molar-refractivity contribution >= 4 is 40.8 Å². The van der Waals surface area contributed by atoms with E-state index in [0.717, 1.165) is 23.5 Å². The van der Waals surface area contributed by atoms with Crippen molar-refractivity contribution in [3.05, 3.63) is 81.3 Å². The summed E-state index contributed by atoms with van der Waals surface area (Å²) < 4.78 is 16.8. The number of hydrogen-bond donors (Lipinski definition) is 0. The van der Waals surface area contributed by atoms with Gasteiger partial charge in [0.05, 0.1) is 24.3 Å². The van der Waals surface area contributed by atoms with Gasteiger partial charge in [0.2, 0.25) is 0 Å². The Bertz CT molecular complexity index is 1500. The minimum Gasteiger partial charge on any atom is -0.463 e. The summed E-state index contributed by atoms with van der Waals surface area (Å²) in [5, 5.41) is 21.8. The summed E-state index contributed by atoms with van der Waals surface area (Å²) in [6, 6.07) is 3.89. The van der Waals surface area contributed by atoms with Crippen LogP contribution in [0.3, 0.4) is 0 Å². The zero-order valence-electron chi connectivity index (χ0n) is 17.0. The summed E-state index contributed by atoms with van der Waals surface area (Å²) in [5.74, 6) is -1.64. The quantitative estimate of drug-likeness (QED) is 0.294. The number of nitro groups is 2. The van der Waals surface area contributed by atoms with E-state index in [4.69, 9.17) is 13.6 Å². The molecule has 0 amide bonds. The maximum absolute atomic E-state index is 13.0. The normalized spacial score (nSPS) is 15.8. The van der Waals surface area contributed by atoms with Gasteiger partial charge >= 0.3 is 17.7 Å². The summed E-state index contributed by atoms with van der Waals surface area (Å²) in [4.78, 5) is 50.8. The molecule has 14 heteroatoms. The van der Waals surface area contributed by atoms with Gasteiger partial charge in [-0.05, 0) is 26.0 Å². The van der Waals surface area contributed by atoms with Gasteiger partial charge in [0.1, 0.15) is 31.9 Å². The van der Waals surface area contributed by atoms with Crippen LogP contribution in [-0.2, 0) is 9.53 Å². The fourth-order valence-electron chi connectivity index (χ4n) is 3.26. The summed E-state index contributed by atoms with van der Waals surface area (Å²) in [6.07, 6.45) is 1.32. The molecule has 1 aliphatic rings. The molecule has 1 aliphatic heterocycles. The molecule has 3 aromatic rings. The lowest BCUT2D eigenvalue weighted by Crippen LogP contribution is -2.35. The number of hydrogen-bond acceptors (Lipinski definition) is 11. The number of rotatable bonds is 6. The predicted molar refractivity (Wildman–Crippen MR) is 112 cm³/mol. The molecule has 3 aromatic heterocycles. The van der Waals surface area contributed by atoms with Crippen molar-refractivity contribution in [2.45, 2.75) is 19.9 Å². The predicted octanol–water partition coefficient (Wildman–Crippen LogP) is 1.91. The van der Waals surface area contributed by atoms with E-state index in [1.54, 1.807) is 6.92 Å². The molecule has 0 fully saturated rings. The zero-order chi connectivity index (χ0) is 23.9. The first-order valence-electron chi connectivity index (χ1n) is 9.39. The van der Waals surface area contributed by atoms with E-state index >= 15 is 0 Å². The highest BCUT2D eigenvalue weighted by molar-refractivity contribution is 7.07. The standard InChI is InChI=1S/C19H14N4O9S/c1-3-30-18(25)15-9(2)21-17(24)12(8-10-4-6-13(31-10)22(26)27)33-19(21)20-16(15)11-5-7-14(32-11)23(28)29/h4-8,16H,3H2,1-2H3/b12-8+/t16-/m1/s1. The van der Waals surface area contributed by atoms with E-state index in [-0.39, 0.29) is 38.7 Å². The molecule has 4 heterocycles. The van der Waals surface area contributed by atoms with Gasteiger partial charge in [-0.1, -0.05) is 11.3 Å². The lowest BCUT2D eigenvalue weighted by molar-refractivity contribution is -0.402.